The van der Waals surface area contributed by atoms with E-state index in [1.807, 2.05) is 0 Å². The summed E-state index contributed by atoms with van der Waals surface area (Å²) in [7, 11) is 3.46. The van der Waals surface area contributed by atoms with Gasteiger partial charge in [0.2, 0.25) is 0 Å². The van der Waals surface area contributed by atoms with Gasteiger partial charge >= 0.3 is 0 Å². The summed E-state index contributed by atoms with van der Waals surface area (Å²) in [6.45, 7) is 4.62. The molecule has 0 saturated carbocycles. The molecule has 13 nitrogen and oxygen atoms in total. The highest BCUT2D eigenvalue weighted by atomic mass is 35.5. The van der Waals surface area contributed by atoms with Crippen molar-refractivity contribution >= 4 is 35.0 Å². The van der Waals surface area contributed by atoms with Crippen LogP contribution in [0, 0.1) is 6.92 Å². The number of carbonyl (C=O) groups excluding carboxylic acids is 1. The number of nitrogens with two attached hydrogens (primary N) is 1. The number of halogens is 1. The summed E-state index contributed by atoms with van der Waals surface area (Å²) >= 11 is 6.35. The fourth-order valence-corrected chi connectivity index (χ4v) is 6.07. The summed E-state index contributed by atoms with van der Waals surface area (Å²) in [6, 6.07) is 6.95. The van der Waals surface area contributed by atoms with Crippen molar-refractivity contribution in [2.24, 2.45) is 7.05 Å². The van der Waals surface area contributed by atoms with Crippen LogP contribution in [0.5, 0.6) is 0 Å². The fourth-order valence-electron chi connectivity index (χ4n) is 5.86. The lowest BCUT2D eigenvalue weighted by molar-refractivity contribution is 0.0929. The predicted molar refractivity (Wildman–Crippen MR) is 169 cm³/mol. The number of methoxy groups -OCH3 is 1. The van der Waals surface area contributed by atoms with Crippen LogP contribution < -0.4 is 26.4 Å². The molecule has 2 aliphatic heterocycles. The second kappa shape index (κ2) is 12.2. The van der Waals surface area contributed by atoms with Crippen LogP contribution in [-0.4, -0.2) is 80.6 Å². The maximum Gasteiger partial charge on any atom is 0.284 e. The molecule has 1 unspecified atom stereocenters. The quantitative estimate of drug-likeness (QED) is 0.316. The van der Waals surface area contributed by atoms with Gasteiger partial charge in [-0.05, 0) is 38.3 Å². The number of hydrogen-bond donors (Lipinski definition) is 2. The number of carbonyl (C=O) groups is 1. The van der Waals surface area contributed by atoms with E-state index in [1.165, 1.54) is 4.68 Å². The number of nitrogen functional groups attached to an aromatic ring is 1. The first-order valence-corrected chi connectivity index (χ1v) is 14.9. The summed E-state index contributed by atoms with van der Waals surface area (Å²) in [6.07, 6.45) is 7.47. The summed E-state index contributed by atoms with van der Waals surface area (Å²) in [4.78, 5) is 49.3. The average Bonchev–Trinajstić information content (AvgIpc) is 3.60. The molecule has 4 aromatic rings. The standard InChI is InChI=1S/C30H35ClN10O3/c1-18-26(30(43)41(38(18)2)23-7-5-4-6-21(23)31)29(42)35-19-8-11-39(12-9-19)25-16-34-28(32)27(37-25)22-14-33-15-24(36-22)40-13-10-20(17-40)44-3/h4-7,14-16,19-20H,8-13,17H2,1-3H3,(H2,32,34)(H,35,42). The van der Waals surface area contributed by atoms with Crippen LogP contribution in [0.3, 0.4) is 0 Å². The van der Waals surface area contributed by atoms with Crippen LogP contribution in [-0.2, 0) is 11.8 Å². The smallest absolute Gasteiger partial charge is 0.284 e. The highest BCUT2D eigenvalue weighted by molar-refractivity contribution is 6.32. The number of hydrogen-bond acceptors (Lipinski definition) is 10. The van der Waals surface area contributed by atoms with Gasteiger partial charge in [0.1, 0.15) is 28.6 Å². The Morgan fingerprint density at radius 1 is 1.05 bits per heavy atom. The van der Waals surface area contributed by atoms with E-state index in [2.05, 4.69) is 25.1 Å². The summed E-state index contributed by atoms with van der Waals surface area (Å²) < 4.78 is 8.56. The molecule has 6 rings (SSSR count). The Morgan fingerprint density at radius 2 is 1.77 bits per heavy atom. The Balaban J connectivity index is 1.13. The number of amides is 1. The zero-order chi connectivity index (χ0) is 31.0. The molecule has 1 amide bonds. The molecule has 1 atom stereocenters. The van der Waals surface area contributed by atoms with Crippen molar-refractivity contribution in [2.75, 3.05) is 48.8 Å². The van der Waals surface area contributed by atoms with E-state index < -0.39 is 11.5 Å². The van der Waals surface area contributed by atoms with Crippen LogP contribution in [0.2, 0.25) is 5.02 Å². The van der Waals surface area contributed by atoms with Crippen LogP contribution in [0.4, 0.5) is 17.5 Å². The third-order valence-corrected chi connectivity index (χ3v) is 8.79. The van der Waals surface area contributed by atoms with Gasteiger partial charge in [-0.1, -0.05) is 23.7 Å². The SMILES string of the molecule is COC1CCN(c2cncc(-c3nc(N4CCC(NC(=O)c5c(C)n(C)n(-c6ccccc6Cl)c5=O)CC4)cnc3N)n2)C1. The Bertz CT molecular complexity index is 1750. The lowest BCUT2D eigenvalue weighted by Crippen LogP contribution is -2.46. The van der Waals surface area contributed by atoms with Gasteiger partial charge in [-0.15, -0.1) is 0 Å². The maximum atomic E-state index is 13.4. The van der Waals surface area contributed by atoms with E-state index in [-0.39, 0.29) is 23.5 Å². The first kappa shape index (κ1) is 29.6. The molecule has 2 saturated heterocycles. The van der Waals surface area contributed by atoms with Crippen LogP contribution >= 0.6 is 11.6 Å². The molecule has 3 N–H and O–H groups in total. The third kappa shape index (κ3) is 5.60. The van der Waals surface area contributed by atoms with E-state index in [0.717, 1.165) is 25.3 Å². The number of aromatic nitrogens is 6. The number of piperidine rings is 1. The molecule has 44 heavy (non-hydrogen) atoms. The van der Waals surface area contributed by atoms with Crippen molar-refractivity contribution in [2.45, 2.75) is 38.3 Å². The molecule has 3 aromatic heterocycles. The van der Waals surface area contributed by atoms with Crippen LogP contribution in [0.1, 0.15) is 35.3 Å². The molecule has 0 bridgehead atoms. The molecule has 14 heteroatoms. The predicted octanol–water partition coefficient (Wildman–Crippen LogP) is 2.59. The van der Waals surface area contributed by atoms with Crippen molar-refractivity contribution < 1.29 is 9.53 Å². The lowest BCUT2D eigenvalue weighted by atomic mass is 10.0. The Kier molecular flexibility index (Phi) is 8.23. The van der Waals surface area contributed by atoms with Crippen molar-refractivity contribution in [3.63, 3.8) is 0 Å². The van der Waals surface area contributed by atoms with Crippen molar-refractivity contribution in [1.29, 1.82) is 0 Å². The highest BCUT2D eigenvalue weighted by Crippen LogP contribution is 2.27. The van der Waals surface area contributed by atoms with Crippen molar-refractivity contribution in [3.05, 3.63) is 69.5 Å². The van der Waals surface area contributed by atoms with Crippen LogP contribution in [0.15, 0.2) is 47.7 Å². The van der Waals surface area contributed by atoms with Crippen molar-refractivity contribution in [3.8, 4) is 17.1 Å². The molecule has 1 aromatic carbocycles. The topological polar surface area (TPSA) is 149 Å². The first-order chi connectivity index (χ1) is 21.2. The number of nitrogens with one attached hydrogen (secondary N) is 1. The van der Waals surface area contributed by atoms with E-state index in [1.54, 1.807) is 68.6 Å². The number of anilines is 3. The molecule has 2 fully saturated rings. The number of para-hydroxylation sites is 1. The second-order valence-electron chi connectivity index (χ2n) is 11.1. The molecular formula is C30H35ClN10O3. The van der Waals surface area contributed by atoms with Gasteiger partial charge in [-0.3, -0.25) is 19.3 Å². The van der Waals surface area contributed by atoms with Gasteiger partial charge in [-0.2, -0.15) is 0 Å². The van der Waals surface area contributed by atoms with Gasteiger partial charge in [0.15, 0.2) is 5.82 Å². The molecular weight excluding hydrogens is 584 g/mol. The molecule has 5 heterocycles. The minimum Gasteiger partial charge on any atom is -0.382 e. The third-order valence-electron chi connectivity index (χ3n) is 8.47. The zero-order valence-electron chi connectivity index (χ0n) is 24.9. The number of ether oxygens (including phenoxy) is 1. The molecule has 0 spiro atoms. The minimum absolute atomic E-state index is 0.105. The largest absolute Gasteiger partial charge is 0.382 e. The van der Waals surface area contributed by atoms with Gasteiger partial charge < -0.3 is 25.6 Å². The summed E-state index contributed by atoms with van der Waals surface area (Å²) in [5.74, 6) is 1.31. The highest BCUT2D eigenvalue weighted by Gasteiger charge is 2.28. The second-order valence-corrected chi connectivity index (χ2v) is 11.5. The Labute approximate surface area is 259 Å². The minimum atomic E-state index is -0.409. The number of nitrogens with zero attached hydrogens (tertiary/aromatic N) is 8. The Hall–Kier alpha value is -4.49. The molecule has 230 valence electrons. The maximum absolute atomic E-state index is 13.4. The molecule has 0 radical (unpaired) electrons. The number of benzene rings is 1. The normalized spacial score (nSPS) is 17.3. The van der Waals surface area contributed by atoms with E-state index in [9.17, 15) is 9.59 Å². The summed E-state index contributed by atoms with van der Waals surface area (Å²) in [5.41, 5.74) is 8.05. The summed E-state index contributed by atoms with van der Waals surface area (Å²) in [5, 5.41) is 3.49. The van der Waals surface area contributed by atoms with Gasteiger partial charge in [0, 0.05) is 46.4 Å². The van der Waals surface area contributed by atoms with E-state index in [4.69, 9.17) is 32.0 Å². The zero-order valence-corrected chi connectivity index (χ0v) is 25.7. The monoisotopic (exact) mass is 618 g/mol. The van der Waals surface area contributed by atoms with E-state index >= 15 is 0 Å². The average molecular weight is 619 g/mol. The van der Waals surface area contributed by atoms with Crippen molar-refractivity contribution in [1.82, 2.24) is 34.6 Å². The van der Waals surface area contributed by atoms with E-state index in [0.29, 0.717) is 59.5 Å². The first-order valence-electron chi connectivity index (χ1n) is 14.6. The van der Waals surface area contributed by atoms with Gasteiger partial charge in [-0.25, -0.2) is 19.6 Å². The Morgan fingerprint density at radius 3 is 2.50 bits per heavy atom. The van der Waals surface area contributed by atoms with Gasteiger partial charge in [0.05, 0.1) is 41.1 Å². The molecule has 2 aliphatic rings. The van der Waals surface area contributed by atoms with Gasteiger partial charge in [0.25, 0.3) is 11.5 Å². The lowest BCUT2D eigenvalue weighted by Gasteiger charge is -2.33. The molecule has 0 aliphatic carbocycles. The fraction of sp³-hybridized carbons (Fsp3) is 0.400. The van der Waals surface area contributed by atoms with Crippen LogP contribution in [0.25, 0.3) is 17.1 Å². The number of rotatable bonds is 7.